The van der Waals surface area contributed by atoms with Crippen molar-refractivity contribution in [2.45, 2.75) is 31.1 Å². The molecule has 0 aliphatic carbocycles. The minimum Gasteiger partial charge on any atom is -0.347 e. The molecule has 0 aromatic carbocycles. The molecule has 88 valence electrons. The van der Waals surface area contributed by atoms with Gasteiger partial charge in [0.1, 0.15) is 5.82 Å². The third-order valence-corrected chi connectivity index (χ3v) is 3.98. The number of H-pyrrole nitrogens is 1. The van der Waals surface area contributed by atoms with Gasteiger partial charge in [0.15, 0.2) is 0 Å². The van der Waals surface area contributed by atoms with Gasteiger partial charge in [0, 0.05) is 18.9 Å². The van der Waals surface area contributed by atoms with Gasteiger partial charge < -0.3 is 9.88 Å². The van der Waals surface area contributed by atoms with E-state index in [0.717, 1.165) is 25.2 Å². The zero-order valence-corrected chi connectivity index (χ0v) is 10.5. The average Bonchev–Trinajstić information content (AvgIpc) is 2.95. The Morgan fingerprint density at radius 3 is 3.19 bits per heavy atom. The molecule has 1 N–H and O–H groups in total. The molecule has 2 rings (SSSR count). The first-order valence-electron chi connectivity index (χ1n) is 5.56. The summed E-state index contributed by atoms with van der Waals surface area (Å²) in [6.45, 7) is 2.82. The molecule has 0 radical (unpaired) electrons. The molecular formula is C11H17N3OS. The highest BCUT2D eigenvalue weighted by Crippen LogP contribution is 2.31. The summed E-state index contributed by atoms with van der Waals surface area (Å²) in [7, 11) is 0. The van der Waals surface area contributed by atoms with E-state index in [-0.39, 0.29) is 17.2 Å². The number of nitrogens with zero attached hydrogens (tertiary/aromatic N) is 2. The van der Waals surface area contributed by atoms with Crippen LogP contribution in [0.25, 0.3) is 0 Å². The molecule has 0 saturated carbocycles. The SMILES string of the molecule is CSC(C)C(=O)N1CCCC1c1ncc[nH]1. The van der Waals surface area contributed by atoms with Crippen molar-refractivity contribution in [1.29, 1.82) is 0 Å². The maximum atomic E-state index is 12.1. The maximum absolute atomic E-state index is 12.1. The number of carbonyl (C=O) groups is 1. The van der Waals surface area contributed by atoms with Gasteiger partial charge in [-0.2, -0.15) is 11.8 Å². The van der Waals surface area contributed by atoms with Crippen LogP contribution in [-0.2, 0) is 4.79 Å². The van der Waals surface area contributed by atoms with Gasteiger partial charge in [-0.1, -0.05) is 0 Å². The summed E-state index contributed by atoms with van der Waals surface area (Å²) < 4.78 is 0. The van der Waals surface area contributed by atoms with E-state index in [2.05, 4.69) is 9.97 Å². The number of aromatic amines is 1. The smallest absolute Gasteiger partial charge is 0.236 e. The van der Waals surface area contributed by atoms with Crippen LogP contribution in [0.2, 0.25) is 0 Å². The summed E-state index contributed by atoms with van der Waals surface area (Å²) in [5.41, 5.74) is 0. The van der Waals surface area contributed by atoms with Gasteiger partial charge in [-0.05, 0) is 26.0 Å². The van der Waals surface area contributed by atoms with E-state index >= 15 is 0 Å². The number of imidazole rings is 1. The van der Waals surface area contributed by atoms with E-state index in [1.54, 1.807) is 18.0 Å². The van der Waals surface area contributed by atoms with Crippen molar-refractivity contribution in [1.82, 2.24) is 14.9 Å². The summed E-state index contributed by atoms with van der Waals surface area (Å²) >= 11 is 1.60. The van der Waals surface area contributed by atoms with Gasteiger partial charge >= 0.3 is 0 Å². The Balaban J connectivity index is 2.12. The molecule has 1 fully saturated rings. The third kappa shape index (κ3) is 2.09. The fraction of sp³-hybridized carbons (Fsp3) is 0.636. The highest BCUT2D eigenvalue weighted by molar-refractivity contribution is 7.99. The topological polar surface area (TPSA) is 49.0 Å². The Labute approximate surface area is 99.8 Å². The number of rotatable bonds is 3. The number of likely N-dealkylation sites (tertiary alicyclic amines) is 1. The Morgan fingerprint density at radius 1 is 1.75 bits per heavy atom. The molecule has 2 unspecified atom stereocenters. The maximum Gasteiger partial charge on any atom is 0.236 e. The van der Waals surface area contributed by atoms with Gasteiger partial charge in [-0.3, -0.25) is 4.79 Å². The fourth-order valence-electron chi connectivity index (χ4n) is 2.11. The molecule has 1 aromatic heterocycles. The van der Waals surface area contributed by atoms with Crippen LogP contribution in [0.4, 0.5) is 0 Å². The molecule has 1 saturated heterocycles. The molecular weight excluding hydrogens is 222 g/mol. The van der Waals surface area contributed by atoms with Crippen molar-refractivity contribution in [3.63, 3.8) is 0 Å². The number of thioether (sulfide) groups is 1. The second-order valence-corrected chi connectivity index (χ2v) is 5.22. The van der Waals surface area contributed by atoms with Crippen molar-refractivity contribution in [3.8, 4) is 0 Å². The lowest BCUT2D eigenvalue weighted by molar-refractivity contribution is -0.131. The molecule has 0 spiro atoms. The van der Waals surface area contributed by atoms with Crippen LogP contribution in [0.15, 0.2) is 12.4 Å². The van der Waals surface area contributed by atoms with Crippen LogP contribution < -0.4 is 0 Å². The molecule has 0 bridgehead atoms. The Bertz CT molecular complexity index is 352. The van der Waals surface area contributed by atoms with Gasteiger partial charge in [0.25, 0.3) is 0 Å². The minimum absolute atomic E-state index is 0.0376. The number of hydrogen-bond acceptors (Lipinski definition) is 3. The van der Waals surface area contributed by atoms with Crippen LogP contribution in [0, 0.1) is 0 Å². The van der Waals surface area contributed by atoms with Crippen molar-refractivity contribution >= 4 is 17.7 Å². The van der Waals surface area contributed by atoms with E-state index < -0.39 is 0 Å². The first kappa shape index (κ1) is 11.5. The summed E-state index contributed by atoms with van der Waals surface area (Å²) in [5.74, 6) is 1.14. The lowest BCUT2D eigenvalue weighted by Gasteiger charge is -2.25. The standard InChI is InChI=1S/C11H17N3OS/c1-8(16-2)11(15)14-7-3-4-9(14)10-12-5-6-13-10/h5-6,8-9H,3-4,7H2,1-2H3,(H,12,13). The lowest BCUT2D eigenvalue weighted by Crippen LogP contribution is -2.36. The quantitative estimate of drug-likeness (QED) is 0.875. The minimum atomic E-state index is 0.0376. The van der Waals surface area contributed by atoms with E-state index in [1.807, 2.05) is 24.3 Å². The first-order chi connectivity index (χ1) is 7.74. The molecule has 5 heteroatoms. The molecule has 2 atom stereocenters. The predicted molar refractivity (Wildman–Crippen MR) is 65.3 cm³/mol. The van der Waals surface area contributed by atoms with E-state index in [1.165, 1.54) is 0 Å². The van der Waals surface area contributed by atoms with Crippen LogP contribution in [0.5, 0.6) is 0 Å². The van der Waals surface area contributed by atoms with E-state index in [0.29, 0.717) is 0 Å². The largest absolute Gasteiger partial charge is 0.347 e. The Hall–Kier alpha value is -0.970. The monoisotopic (exact) mass is 239 g/mol. The third-order valence-electron chi connectivity index (χ3n) is 3.07. The van der Waals surface area contributed by atoms with Crippen molar-refractivity contribution in [2.75, 3.05) is 12.8 Å². The molecule has 4 nitrogen and oxygen atoms in total. The van der Waals surface area contributed by atoms with Gasteiger partial charge in [0.05, 0.1) is 11.3 Å². The van der Waals surface area contributed by atoms with Gasteiger partial charge in [-0.15, -0.1) is 0 Å². The number of hydrogen-bond donors (Lipinski definition) is 1. The van der Waals surface area contributed by atoms with E-state index in [9.17, 15) is 4.79 Å². The highest BCUT2D eigenvalue weighted by atomic mass is 32.2. The lowest BCUT2D eigenvalue weighted by atomic mass is 10.2. The predicted octanol–water partition coefficient (Wildman–Crippen LogP) is 1.82. The molecule has 1 amide bonds. The fourth-order valence-corrected chi connectivity index (χ4v) is 2.45. The Morgan fingerprint density at radius 2 is 2.56 bits per heavy atom. The van der Waals surface area contributed by atoms with Crippen LogP contribution in [-0.4, -0.2) is 38.8 Å². The number of carbonyl (C=O) groups excluding carboxylic acids is 1. The number of aromatic nitrogens is 2. The summed E-state index contributed by atoms with van der Waals surface area (Å²) in [4.78, 5) is 21.5. The second kappa shape index (κ2) is 4.91. The second-order valence-electron chi connectivity index (χ2n) is 4.04. The molecule has 2 heterocycles. The van der Waals surface area contributed by atoms with Crippen molar-refractivity contribution in [2.24, 2.45) is 0 Å². The highest BCUT2D eigenvalue weighted by Gasteiger charge is 2.33. The molecule has 1 aliphatic heterocycles. The van der Waals surface area contributed by atoms with Crippen molar-refractivity contribution < 1.29 is 4.79 Å². The summed E-state index contributed by atoms with van der Waals surface area (Å²) in [6.07, 6.45) is 7.61. The number of nitrogens with one attached hydrogen (secondary N) is 1. The Kier molecular flexibility index (Phi) is 3.53. The summed E-state index contributed by atoms with van der Waals surface area (Å²) in [5, 5.41) is 0.0376. The van der Waals surface area contributed by atoms with Crippen LogP contribution >= 0.6 is 11.8 Å². The zero-order chi connectivity index (χ0) is 11.5. The zero-order valence-electron chi connectivity index (χ0n) is 9.64. The molecule has 1 aromatic rings. The first-order valence-corrected chi connectivity index (χ1v) is 6.85. The van der Waals surface area contributed by atoms with Crippen LogP contribution in [0.3, 0.4) is 0 Å². The molecule has 16 heavy (non-hydrogen) atoms. The van der Waals surface area contributed by atoms with E-state index in [4.69, 9.17) is 0 Å². The van der Waals surface area contributed by atoms with Crippen molar-refractivity contribution in [3.05, 3.63) is 18.2 Å². The summed E-state index contributed by atoms with van der Waals surface area (Å²) in [6, 6.07) is 0.150. The number of amides is 1. The van der Waals surface area contributed by atoms with Gasteiger partial charge in [-0.25, -0.2) is 4.98 Å². The average molecular weight is 239 g/mol. The van der Waals surface area contributed by atoms with Crippen LogP contribution in [0.1, 0.15) is 31.6 Å². The molecule has 1 aliphatic rings. The normalized spacial score (nSPS) is 22.4. The van der Waals surface area contributed by atoms with Gasteiger partial charge in [0.2, 0.25) is 5.91 Å².